The summed E-state index contributed by atoms with van der Waals surface area (Å²) in [5, 5.41) is 0. The van der Waals surface area contributed by atoms with Gasteiger partial charge in [0.05, 0.1) is 29.9 Å². The van der Waals surface area contributed by atoms with E-state index in [1.54, 1.807) is 12.1 Å². The Hall–Kier alpha value is -1.27. The minimum absolute atomic E-state index is 0.177. The predicted octanol–water partition coefficient (Wildman–Crippen LogP) is 2.92. The maximum absolute atomic E-state index is 14.8. The second-order valence-corrected chi connectivity index (χ2v) is 6.24. The fourth-order valence-electron chi connectivity index (χ4n) is 2.28. The van der Waals surface area contributed by atoms with Crippen molar-refractivity contribution >= 4 is 12.6 Å². The first-order valence-electron chi connectivity index (χ1n) is 7.67. The second-order valence-electron chi connectivity index (χ2n) is 6.24. The molecule has 0 aromatic heterocycles. The highest BCUT2D eigenvalue weighted by Gasteiger charge is 2.53. The van der Waals surface area contributed by atoms with Gasteiger partial charge in [0.2, 0.25) is 0 Å². The number of hydrogen-bond acceptors (Lipinski definition) is 4. The van der Waals surface area contributed by atoms with Gasteiger partial charge in [-0.05, 0) is 53.7 Å². The van der Waals surface area contributed by atoms with Crippen molar-refractivity contribution < 1.29 is 23.2 Å². The summed E-state index contributed by atoms with van der Waals surface area (Å²) in [5.41, 5.74) is -0.837. The summed E-state index contributed by atoms with van der Waals surface area (Å²) in [6, 6.07) is 3.26. The fraction of sp³-hybridized carbons (Fsp3) is 0.625. The van der Waals surface area contributed by atoms with Crippen LogP contribution < -0.4 is 14.9 Å². The SMILES string of the molecule is CCOc1ccc(OCC)c(B2OC(C)(C)C(C)(C)O2)c1F. The van der Waals surface area contributed by atoms with E-state index in [2.05, 4.69) is 0 Å². The minimum atomic E-state index is -0.827. The average molecular weight is 310 g/mol. The van der Waals surface area contributed by atoms with Gasteiger partial charge in [-0.2, -0.15) is 0 Å². The average Bonchev–Trinajstić information content (AvgIpc) is 2.62. The van der Waals surface area contributed by atoms with Crippen LogP contribution in [0.5, 0.6) is 11.5 Å². The summed E-state index contributed by atoms with van der Waals surface area (Å²) >= 11 is 0. The molecule has 0 unspecified atom stereocenters. The van der Waals surface area contributed by atoms with E-state index in [1.165, 1.54) is 0 Å². The Bertz CT molecular complexity index is 529. The highest BCUT2D eigenvalue weighted by molar-refractivity contribution is 6.63. The Labute approximate surface area is 132 Å². The van der Waals surface area contributed by atoms with Gasteiger partial charge in [0.15, 0.2) is 11.6 Å². The van der Waals surface area contributed by atoms with Gasteiger partial charge >= 0.3 is 7.12 Å². The third kappa shape index (κ3) is 2.94. The van der Waals surface area contributed by atoms with Crippen LogP contribution in [0, 0.1) is 5.82 Å². The van der Waals surface area contributed by atoms with E-state index in [0.717, 1.165) is 0 Å². The summed E-state index contributed by atoms with van der Waals surface area (Å²) < 4.78 is 37.6. The summed E-state index contributed by atoms with van der Waals surface area (Å²) in [5.74, 6) is 0.101. The number of benzene rings is 1. The van der Waals surface area contributed by atoms with Crippen LogP contribution in [0.4, 0.5) is 4.39 Å². The number of hydrogen-bond donors (Lipinski definition) is 0. The molecule has 0 amide bonds. The zero-order valence-corrected chi connectivity index (χ0v) is 14.2. The van der Waals surface area contributed by atoms with Crippen molar-refractivity contribution in [3.8, 4) is 11.5 Å². The Morgan fingerprint density at radius 2 is 1.41 bits per heavy atom. The van der Waals surface area contributed by atoms with E-state index in [1.807, 2.05) is 41.5 Å². The van der Waals surface area contributed by atoms with Gasteiger partial charge in [0.1, 0.15) is 5.75 Å². The standard InChI is InChI=1S/C16H24BFO4/c1-7-19-11-9-10-12(20-8-2)14(18)13(11)17-21-15(3,4)16(5,6)22-17/h9-10H,7-8H2,1-6H3. The molecule has 1 aliphatic heterocycles. The molecule has 6 heteroatoms. The van der Waals surface area contributed by atoms with Crippen molar-refractivity contribution in [1.82, 2.24) is 0 Å². The van der Waals surface area contributed by atoms with Crippen molar-refractivity contribution in [1.29, 1.82) is 0 Å². The Morgan fingerprint density at radius 3 is 1.91 bits per heavy atom. The predicted molar refractivity (Wildman–Crippen MR) is 84.5 cm³/mol. The Kier molecular flexibility index (Phi) is 4.73. The molecule has 1 aliphatic rings. The molecule has 0 atom stereocenters. The van der Waals surface area contributed by atoms with Crippen molar-refractivity contribution in [2.75, 3.05) is 13.2 Å². The molecule has 1 fully saturated rings. The van der Waals surface area contributed by atoms with Crippen LogP contribution in [0.25, 0.3) is 0 Å². The minimum Gasteiger partial charge on any atom is -0.494 e. The fourth-order valence-corrected chi connectivity index (χ4v) is 2.28. The Morgan fingerprint density at radius 1 is 0.955 bits per heavy atom. The molecule has 1 aromatic carbocycles. The number of ether oxygens (including phenoxy) is 2. The lowest BCUT2D eigenvalue weighted by molar-refractivity contribution is 0.00578. The van der Waals surface area contributed by atoms with Crippen LogP contribution in [-0.4, -0.2) is 31.5 Å². The molecule has 2 rings (SSSR count). The van der Waals surface area contributed by atoms with Gasteiger partial charge in [-0.15, -0.1) is 0 Å². The van der Waals surface area contributed by atoms with E-state index in [0.29, 0.717) is 19.0 Å². The lowest BCUT2D eigenvalue weighted by atomic mass is 9.77. The highest BCUT2D eigenvalue weighted by atomic mass is 19.1. The zero-order chi connectivity index (χ0) is 16.5. The van der Waals surface area contributed by atoms with Crippen LogP contribution >= 0.6 is 0 Å². The molecular formula is C16H24BFO4. The summed E-state index contributed by atoms with van der Waals surface area (Å²) in [6.45, 7) is 12.2. The topological polar surface area (TPSA) is 36.9 Å². The molecular weight excluding hydrogens is 286 g/mol. The van der Waals surface area contributed by atoms with Crippen LogP contribution in [0.15, 0.2) is 12.1 Å². The first-order valence-corrected chi connectivity index (χ1v) is 7.67. The molecule has 22 heavy (non-hydrogen) atoms. The van der Waals surface area contributed by atoms with E-state index in [4.69, 9.17) is 18.8 Å². The normalized spacial score (nSPS) is 19.3. The first kappa shape index (κ1) is 17.1. The summed E-state index contributed by atoms with van der Waals surface area (Å²) in [6.07, 6.45) is 0. The lowest BCUT2D eigenvalue weighted by Crippen LogP contribution is -2.41. The maximum atomic E-state index is 14.8. The smallest absolute Gasteiger partial charge is 0.494 e. The number of rotatable bonds is 5. The lowest BCUT2D eigenvalue weighted by Gasteiger charge is -2.32. The maximum Gasteiger partial charge on any atom is 0.501 e. The van der Waals surface area contributed by atoms with Crippen LogP contribution in [0.2, 0.25) is 0 Å². The van der Waals surface area contributed by atoms with E-state index in [-0.39, 0.29) is 11.2 Å². The first-order chi connectivity index (χ1) is 10.2. The zero-order valence-electron chi connectivity index (χ0n) is 14.2. The summed E-state index contributed by atoms with van der Waals surface area (Å²) in [4.78, 5) is 0. The van der Waals surface area contributed by atoms with Crippen molar-refractivity contribution in [2.45, 2.75) is 52.7 Å². The summed E-state index contributed by atoms with van der Waals surface area (Å²) in [7, 11) is -0.827. The van der Waals surface area contributed by atoms with Crippen LogP contribution in [-0.2, 0) is 9.31 Å². The van der Waals surface area contributed by atoms with Gasteiger partial charge in [0, 0.05) is 0 Å². The Balaban J connectivity index is 2.46. The van der Waals surface area contributed by atoms with Crippen molar-refractivity contribution in [3.63, 3.8) is 0 Å². The molecule has 122 valence electrons. The van der Waals surface area contributed by atoms with Gasteiger partial charge in [-0.25, -0.2) is 4.39 Å². The van der Waals surface area contributed by atoms with Crippen LogP contribution in [0.3, 0.4) is 0 Å². The molecule has 0 spiro atoms. The van der Waals surface area contributed by atoms with E-state index >= 15 is 0 Å². The molecule has 1 saturated heterocycles. The molecule has 1 aromatic rings. The van der Waals surface area contributed by atoms with E-state index in [9.17, 15) is 4.39 Å². The quantitative estimate of drug-likeness (QED) is 0.784. The van der Waals surface area contributed by atoms with E-state index < -0.39 is 24.1 Å². The van der Waals surface area contributed by atoms with Gasteiger partial charge in [0.25, 0.3) is 0 Å². The highest BCUT2D eigenvalue weighted by Crippen LogP contribution is 2.38. The monoisotopic (exact) mass is 310 g/mol. The molecule has 0 aliphatic carbocycles. The molecule has 0 bridgehead atoms. The molecule has 1 heterocycles. The van der Waals surface area contributed by atoms with Gasteiger partial charge in [-0.3, -0.25) is 0 Å². The molecule has 4 nitrogen and oxygen atoms in total. The largest absolute Gasteiger partial charge is 0.501 e. The molecule has 0 saturated carbocycles. The van der Waals surface area contributed by atoms with Crippen molar-refractivity contribution in [3.05, 3.63) is 17.9 Å². The van der Waals surface area contributed by atoms with Gasteiger partial charge < -0.3 is 18.8 Å². The van der Waals surface area contributed by atoms with Crippen LogP contribution in [0.1, 0.15) is 41.5 Å². The number of halogens is 1. The third-order valence-electron chi connectivity index (χ3n) is 4.19. The van der Waals surface area contributed by atoms with Gasteiger partial charge in [-0.1, -0.05) is 0 Å². The third-order valence-corrected chi connectivity index (χ3v) is 4.19. The van der Waals surface area contributed by atoms with Crippen molar-refractivity contribution in [2.24, 2.45) is 0 Å². The molecule has 0 N–H and O–H groups in total. The molecule has 0 radical (unpaired) electrons. The second kappa shape index (κ2) is 6.09.